The fourth-order valence-electron chi connectivity index (χ4n) is 6.07. The van der Waals surface area contributed by atoms with Gasteiger partial charge in [-0.05, 0) is 81.3 Å². The number of fused-ring (bicyclic) bond motifs is 1. The number of likely N-dealkylation sites (tertiary alicyclic amines) is 2. The molecule has 1 N–H and O–H groups in total. The molecule has 34 heavy (non-hydrogen) atoms. The van der Waals surface area contributed by atoms with Gasteiger partial charge in [0.15, 0.2) is 0 Å². The van der Waals surface area contributed by atoms with Crippen LogP contribution in [0.2, 0.25) is 0 Å². The summed E-state index contributed by atoms with van der Waals surface area (Å²) in [5, 5.41) is 1.18. The second-order valence-corrected chi connectivity index (χ2v) is 10.1. The first-order chi connectivity index (χ1) is 16.5. The Hall–Kier alpha value is -2.63. The number of nitrogens with zero attached hydrogens (tertiary/aromatic N) is 2. The van der Waals surface area contributed by atoms with Gasteiger partial charge in [-0.3, -0.25) is 9.69 Å². The lowest BCUT2D eigenvalue weighted by Gasteiger charge is -2.34. The average Bonchev–Trinajstić information content (AvgIpc) is 3.23. The maximum absolute atomic E-state index is 13.6. The number of hydrogen-bond acceptors (Lipinski definition) is 3. The lowest BCUT2D eigenvalue weighted by molar-refractivity contribution is 0.0347. The fraction of sp³-hybridized carbons (Fsp3) is 0.483. The summed E-state index contributed by atoms with van der Waals surface area (Å²) in [6.45, 7) is 8.94. The van der Waals surface area contributed by atoms with E-state index in [9.17, 15) is 4.79 Å². The van der Waals surface area contributed by atoms with Crippen molar-refractivity contribution in [3.8, 4) is 0 Å². The number of benzene rings is 2. The van der Waals surface area contributed by atoms with Crippen LogP contribution in [0.3, 0.4) is 0 Å². The van der Waals surface area contributed by atoms with Crippen LogP contribution in [0.5, 0.6) is 0 Å². The van der Waals surface area contributed by atoms with E-state index in [0.29, 0.717) is 5.92 Å². The number of methoxy groups -OCH3 is 1. The van der Waals surface area contributed by atoms with Crippen LogP contribution in [0.1, 0.15) is 64.3 Å². The first-order valence-corrected chi connectivity index (χ1v) is 12.7. The number of rotatable bonds is 5. The quantitative estimate of drug-likeness (QED) is 0.555. The van der Waals surface area contributed by atoms with Crippen molar-refractivity contribution in [2.24, 2.45) is 0 Å². The zero-order chi connectivity index (χ0) is 23.7. The summed E-state index contributed by atoms with van der Waals surface area (Å²) in [4.78, 5) is 21.6. The van der Waals surface area contributed by atoms with Crippen LogP contribution >= 0.6 is 0 Å². The number of ether oxygens (including phenoxy) is 1. The highest BCUT2D eigenvalue weighted by molar-refractivity contribution is 6.01. The van der Waals surface area contributed by atoms with E-state index in [1.165, 1.54) is 29.4 Å². The molecule has 1 aromatic heterocycles. The molecule has 5 rings (SSSR count). The van der Waals surface area contributed by atoms with Crippen molar-refractivity contribution in [3.05, 3.63) is 70.4 Å². The Morgan fingerprint density at radius 1 is 0.941 bits per heavy atom. The van der Waals surface area contributed by atoms with Crippen LogP contribution in [0, 0.1) is 13.8 Å². The second-order valence-electron chi connectivity index (χ2n) is 10.1. The van der Waals surface area contributed by atoms with Gasteiger partial charge in [0.1, 0.15) is 5.69 Å². The van der Waals surface area contributed by atoms with Crippen LogP contribution in [-0.4, -0.2) is 60.1 Å². The molecule has 0 bridgehead atoms. The maximum Gasteiger partial charge on any atom is 0.270 e. The largest absolute Gasteiger partial charge is 0.381 e. The molecule has 3 heterocycles. The van der Waals surface area contributed by atoms with E-state index in [4.69, 9.17) is 4.74 Å². The Morgan fingerprint density at radius 2 is 1.62 bits per heavy atom. The predicted molar refractivity (Wildman–Crippen MR) is 137 cm³/mol. The summed E-state index contributed by atoms with van der Waals surface area (Å²) < 4.78 is 5.50. The van der Waals surface area contributed by atoms with Crippen molar-refractivity contribution >= 4 is 16.8 Å². The number of aromatic amines is 1. The van der Waals surface area contributed by atoms with E-state index in [-0.39, 0.29) is 12.0 Å². The summed E-state index contributed by atoms with van der Waals surface area (Å²) in [6.07, 6.45) is 4.42. The van der Waals surface area contributed by atoms with Crippen molar-refractivity contribution in [2.75, 3.05) is 33.3 Å². The molecule has 1 amide bonds. The Bertz CT molecular complexity index is 1130. The lowest BCUT2D eigenvalue weighted by Crippen LogP contribution is -2.41. The molecule has 0 spiro atoms. The van der Waals surface area contributed by atoms with Crippen molar-refractivity contribution in [3.63, 3.8) is 0 Å². The zero-order valence-corrected chi connectivity index (χ0v) is 20.8. The number of hydrogen-bond donors (Lipinski definition) is 1. The normalized spacial score (nSPS) is 18.6. The number of H-pyrrole nitrogens is 1. The standard InChI is InChI=1S/C29H37N3O2/c1-20-7-6-8-21(2)27(20)22-11-15-31(16-12-22)19-25-24-9-4-5-10-26(24)30-28(25)29(33)32-17-13-23(34-3)14-18-32/h4-10,22-23,30H,11-19H2,1-3H3. The smallest absolute Gasteiger partial charge is 0.270 e. The maximum atomic E-state index is 13.6. The third-order valence-corrected chi connectivity index (χ3v) is 8.01. The van der Waals surface area contributed by atoms with Crippen LogP contribution in [0.25, 0.3) is 10.9 Å². The molecule has 0 radical (unpaired) electrons. The molecule has 2 aliphatic rings. The highest BCUT2D eigenvalue weighted by Crippen LogP contribution is 2.34. The van der Waals surface area contributed by atoms with Gasteiger partial charge in [-0.25, -0.2) is 0 Å². The molecular formula is C29H37N3O2. The topological polar surface area (TPSA) is 48.6 Å². The van der Waals surface area contributed by atoms with Crippen LogP contribution in [0.4, 0.5) is 0 Å². The van der Waals surface area contributed by atoms with E-state index >= 15 is 0 Å². The molecule has 0 aliphatic carbocycles. The minimum atomic E-state index is 0.131. The molecule has 2 aliphatic heterocycles. The van der Waals surface area contributed by atoms with Crippen LogP contribution in [0.15, 0.2) is 42.5 Å². The van der Waals surface area contributed by atoms with E-state index in [2.05, 4.69) is 60.1 Å². The van der Waals surface area contributed by atoms with E-state index in [0.717, 1.165) is 62.3 Å². The third kappa shape index (κ3) is 4.51. The average molecular weight is 460 g/mol. The highest BCUT2D eigenvalue weighted by atomic mass is 16.5. The summed E-state index contributed by atoms with van der Waals surface area (Å²) in [6, 6.07) is 15.0. The summed E-state index contributed by atoms with van der Waals surface area (Å²) in [7, 11) is 1.77. The third-order valence-electron chi connectivity index (χ3n) is 8.01. The Kier molecular flexibility index (Phi) is 6.75. The monoisotopic (exact) mass is 459 g/mol. The second kappa shape index (κ2) is 9.93. The van der Waals surface area contributed by atoms with Crippen LogP contribution in [-0.2, 0) is 11.3 Å². The number of para-hydroxylation sites is 1. The molecule has 5 nitrogen and oxygen atoms in total. The predicted octanol–water partition coefficient (Wildman–Crippen LogP) is 5.42. The highest BCUT2D eigenvalue weighted by Gasteiger charge is 2.29. The Labute approximate surface area is 203 Å². The van der Waals surface area contributed by atoms with Gasteiger partial charge in [0.25, 0.3) is 5.91 Å². The van der Waals surface area contributed by atoms with Crippen molar-refractivity contribution < 1.29 is 9.53 Å². The first kappa shape index (κ1) is 23.1. The lowest BCUT2D eigenvalue weighted by atomic mass is 9.84. The zero-order valence-electron chi connectivity index (χ0n) is 20.8. The number of nitrogens with one attached hydrogen (secondary N) is 1. The van der Waals surface area contributed by atoms with Crippen molar-refractivity contribution in [2.45, 2.75) is 58.1 Å². The van der Waals surface area contributed by atoms with E-state index < -0.39 is 0 Å². The number of aryl methyl sites for hydroxylation is 2. The van der Waals surface area contributed by atoms with Crippen molar-refractivity contribution in [1.82, 2.24) is 14.8 Å². The van der Waals surface area contributed by atoms with Gasteiger partial charge in [-0.2, -0.15) is 0 Å². The van der Waals surface area contributed by atoms with Gasteiger partial charge >= 0.3 is 0 Å². The van der Waals surface area contributed by atoms with Gasteiger partial charge in [0.05, 0.1) is 6.10 Å². The molecule has 2 aromatic carbocycles. The summed E-state index contributed by atoms with van der Waals surface area (Å²) in [5.74, 6) is 0.759. The minimum absolute atomic E-state index is 0.131. The summed E-state index contributed by atoms with van der Waals surface area (Å²) in [5.41, 5.74) is 7.36. The Morgan fingerprint density at radius 3 is 2.29 bits per heavy atom. The molecule has 2 saturated heterocycles. The van der Waals surface area contributed by atoms with E-state index in [1.807, 2.05) is 11.0 Å². The molecule has 0 atom stereocenters. The van der Waals surface area contributed by atoms with Gasteiger partial charge in [0.2, 0.25) is 0 Å². The first-order valence-electron chi connectivity index (χ1n) is 12.7. The van der Waals surface area contributed by atoms with Gasteiger partial charge < -0.3 is 14.6 Å². The number of carbonyl (C=O) groups is 1. The van der Waals surface area contributed by atoms with E-state index in [1.54, 1.807) is 12.7 Å². The molecule has 5 heteroatoms. The summed E-state index contributed by atoms with van der Waals surface area (Å²) >= 11 is 0. The van der Waals surface area contributed by atoms with Crippen LogP contribution < -0.4 is 0 Å². The molecule has 180 valence electrons. The van der Waals surface area contributed by atoms with Gasteiger partial charge in [-0.15, -0.1) is 0 Å². The van der Waals surface area contributed by atoms with Gasteiger partial charge in [0, 0.05) is 43.2 Å². The number of piperidine rings is 2. The number of carbonyl (C=O) groups excluding carboxylic acids is 1. The molecular weight excluding hydrogens is 422 g/mol. The molecule has 0 saturated carbocycles. The molecule has 3 aromatic rings. The fourth-order valence-corrected chi connectivity index (χ4v) is 6.07. The van der Waals surface area contributed by atoms with Crippen molar-refractivity contribution in [1.29, 1.82) is 0 Å². The Balaban J connectivity index is 1.33. The molecule has 0 unspecified atom stereocenters. The SMILES string of the molecule is COC1CCN(C(=O)c2[nH]c3ccccc3c2CN2CCC(c3c(C)cccc3C)CC2)CC1. The van der Waals surface area contributed by atoms with Gasteiger partial charge in [-0.1, -0.05) is 36.4 Å². The number of aromatic nitrogens is 1. The minimum Gasteiger partial charge on any atom is -0.381 e. The number of amides is 1. The molecule has 2 fully saturated rings.